The maximum Gasteiger partial charge on any atom is 0.308 e. The minimum atomic E-state index is -1.27. The molecule has 2 rings (SSSR count). The SMILES string of the molecule is CC1(Oc2c(F)ccc([N+](=O)[O-])c2F)CNC1. The lowest BCUT2D eigenvalue weighted by Gasteiger charge is -2.39. The molecule has 1 saturated heterocycles. The van der Waals surface area contributed by atoms with Crippen molar-refractivity contribution in [1.29, 1.82) is 0 Å². The molecule has 0 spiro atoms. The molecule has 1 aromatic rings. The third-order valence-electron chi connectivity index (χ3n) is 2.57. The molecule has 92 valence electrons. The highest BCUT2D eigenvalue weighted by Crippen LogP contribution is 2.32. The molecule has 0 unspecified atom stereocenters. The first kappa shape index (κ1) is 11.7. The molecule has 1 N–H and O–H groups in total. The molecular formula is C10H10F2N2O3. The number of nitrogens with zero attached hydrogens (tertiary/aromatic N) is 1. The van der Waals surface area contributed by atoms with Crippen molar-refractivity contribution in [2.45, 2.75) is 12.5 Å². The van der Waals surface area contributed by atoms with Gasteiger partial charge in [0.25, 0.3) is 0 Å². The normalized spacial score (nSPS) is 17.4. The van der Waals surface area contributed by atoms with Crippen molar-refractivity contribution in [2.24, 2.45) is 0 Å². The Labute approximate surface area is 95.5 Å². The van der Waals surface area contributed by atoms with Crippen LogP contribution in [0.25, 0.3) is 0 Å². The largest absolute Gasteiger partial charge is 0.479 e. The van der Waals surface area contributed by atoms with Crippen molar-refractivity contribution in [3.05, 3.63) is 33.9 Å². The van der Waals surface area contributed by atoms with Crippen LogP contribution >= 0.6 is 0 Å². The van der Waals surface area contributed by atoms with Gasteiger partial charge in [0.15, 0.2) is 11.6 Å². The van der Waals surface area contributed by atoms with Gasteiger partial charge in [0, 0.05) is 19.2 Å². The van der Waals surface area contributed by atoms with E-state index in [1.165, 1.54) is 0 Å². The molecule has 1 aliphatic rings. The maximum atomic E-state index is 13.6. The highest BCUT2D eigenvalue weighted by Gasteiger charge is 2.37. The molecule has 0 aromatic heterocycles. The maximum absolute atomic E-state index is 13.6. The minimum Gasteiger partial charge on any atom is -0.479 e. The second kappa shape index (κ2) is 3.92. The molecule has 0 aliphatic carbocycles. The summed E-state index contributed by atoms with van der Waals surface area (Å²) in [5.74, 6) is -2.91. The predicted molar refractivity (Wildman–Crippen MR) is 54.9 cm³/mol. The van der Waals surface area contributed by atoms with Crippen molar-refractivity contribution >= 4 is 5.69 Å². The van der Waals surface area contributed by atoms with E-state index in [0.29, 0.717) is 13.1 Å². The first-order valence-electron chi connectivity index (χ1n) is 4.95. The molecule has 1 fully saturated rings. The van der Waals surface area contributed by atoms with E-state index >= 15 is 0 Å². The molecule has 0 amide bonds. The monoisotopic (exact) mass is 244 g/mol. The van der Waals surface area contributed by atoms with Crippen LogP contribution in [0.3, 0.4) is 0 Å². The molecular weight excluding hydrogens is 234 g/mol. The van der Waals surface area contributed by atoms with E-state index < -0.39 is 33.6 Å². The summed E-state index contributed by atoms with van der Waals surface area (Å²) in [6, 6.07) is 1.60. The Bertz CT molecular complexity index is 475. The number of halogens is 2. The molecule has 0 atom stereocenters. The summed E-state index contributed by atoms with van der Waals surface area (Å²) in [6.07, 6.45) is 0. The molecule has 1 aliphatic heterocycles. The Hall–Kier alpha value is -1.76. The van der Waals surface area contributed by atoms with Crippen molar-refractivity contribution in [3.8, 4) is 5.75 Å². The Balaban J connectivity index is 2.38. The molecule has 0 radical (unpaired) electrons. The van der Waals surface area contributed by atoms with Gasteiger partial charge >= 0.3 is 5.69 Å². The van der Waals surface area contributed by atoms with E-state index in [0.717, 1.165) is 12.1 Å². The summed E-state index contributed by atoms with van der Waals surface area (Å²) in [5, 5.41) is 13.4. The number of nitrogens with one attached hydrogen (secondary N) is 1. The van der Waals surface area contributed by atoms with Gasteiger partial charge in [-0.05, 0) is 13.0 Å². The summed E-state index contributed by atoms with van der Waals surface area (Å²) in [7, 11) is 0. The van der Waals surface area contributed by atoms with Crippen LogP contribution in [-0.4, -0.2) is 23.6 Å². The van der Waals surface area contributed by atoms with E-state index in [4.69, 9.17) is 4.74 Å². The van der Waals surface area contributed by atoms with Crippen LogP contribution in [0.5, 0.6) is 5.75 Å². The van der Waals surface area contributed by atoms with E-state index in [1.807, 2.05) is 0 Å². The highest BCUT2D eigenvalue weighted by molar-refractivity contribution is 5.42. The van der Waals surface area contributed by atoms with Crippen molar-refractivity contribution in [3.63, 3.8) is 0 Å². The number of hydrogen-bond acceptors (Lipinski definition) is 4. The zero-order valence-corrected chi connectivity index (χ0v) is 9.00. The van der Waals surface area contributed by atoms with Gasteiger partial charge in [-0.15, -0.1) is 0 Å². The average Bonchev–Trinajstić information content (AvgIpc) is 2.21. The van der Waals surface area contributed by atoms with Gasteiger partial charge in [-0.25, -0.2) is 4.39 Å². The molecule has 1 aromatic carbocycles. The molecule has 0 saturated carbocycles. The lowest BCUT2D eigenvalue weighted by Crippen LogP contribution is -2.61. The van der Waals surface area contributed by atoms with Gasteiger partial charge in [-0.3, -0.25) is 10.1 Å². The second-order valence-electron chi connectivity index (χ2n) is 4.12. The van der Waals surface area contributed by atoms with Gasteiger partial charge in [0.05, 0.1) is 4.92 Å². The average molecular weight is 244 g/mol. The number of nitro groups is 1. The smallest absolute Gasteiger partial charge is 0.308 e. The minimum absolute atomic E-state index is 0.439. The molecule has 1 heterocycles. The number of hydrogen-bond donors (Lipinski definition) is 1. The zero-order valence-electron chi connectivity index (χ0n) is 9.00. The number of nitro benzene ring substituents is 1. The first-order valence-corrected chi connectivity index (χ1v) is 4.95. The van der Waals surface area contributed by atoms with Crippen LogP contribution in [0.4, 0.5) is 14.5 Å². The second-order valence-corrected chi connectivity index (χ2v) is 4.12. The van der Waals surface area contributed by atoms with Crippen molar-refractivity contribution in [1.82, 2.24) is 5.32 Å². The van der Waals surface area contributed by atoms with Gasteiger partial charge in [0.2, 0.25) is 5.82 Å². The quantitative estimate of drug-likeness (QED) is 0.648. The molecule has 17 heavy (non-hydrogen) atoms. The fraction of sp³-hybridized carbons (Fsp3) is 0.400. The van der Waals surface area contributed by atoms with Crippen LogP contribution in [-0.2, 0) is 0 Å². The number of ether oxygens (including phenoxy) is 1. The number of benzene rings is 1. The lowest BCUT2D eigenvalue weighted by molar-refractivity contribution is -0.387. The van der Waals surface area contributed by atoms with Gasteiger partial charge in [-0.1, -0.05) is 0 Å². The van der Waals surface area contributed by atoms with Gasteiger partial charge in [-0.2, -0.15) is 4.39 Å². The van der Waals surface area contributed by atoms with E-state index in [-0.39, 0.29) is 0 Å². The van der Waals surface area contributed by atoms with Gasteiger partial charge in [0.1, 0.15) is 5.60 Å². The van der Waals surface area contributed by atoms with Crippen molar-refractivity contribution < 1.29 is 18.4 Å². The summed E-state index contributed by atoms with van der Waals surface area (Å²) < 4.78 is 32.2. The van der Waals surface area contributed by atoms with Crippen LogP contribution in [0, 0.1) is 21.7 Å². The summed E-state index contributed by atoms with van der Waals surface area (Å²) in [6.45, 7) is 2.55. The van der Waals surface area contributed by atoms with Crippen LogP contribution in [0.15, 0.2) is 12.1 Å². The molecule has 0 bridgehead atoms. The Kier molecular flexibility index (Phi) is 2.70. The van der Waals surface area contributed by atoms with E-state index in [2.05, 4.69) is 5.32 Å². The molecule has 7 heteroatoms. The first-order chi connectivity index (χ1) is 7.93. The van der Waals surface area contributed by atoms with E-state index in [1.54, 1.807) is 6.92 Å². The molecule has 5 nitrogen and oxygen atoms in total. The predicted octanol–water partition coefficient (Wildman–Crippen LogP) is 1.61. The fourth-order valence-electron chi connectivity index (χ4n) is 1.55. The Morgan fingerprint density at radius 1 is 1.47 bits per heavy atom. The van der Waals surface area contributed by atoms with Crippen LogP contribution in [0.1, 0.15) is 6.92 Å². The summed E-state index contributed by atoms with van der Waals surface area (Å²) in [5.41, 5.74) is -1.52. The van der Waals surface area contributed by atoms with E-state index in [9.17, 15) is 18.9 Å². The standard InChI is InChI=1S/C10H10F2N2O3/c1-10(4-13-5-10)17-9-6(11)2-3-7(8(9)12)14(15)16/h2-3,13H,4-5H2,1H3. The third kappa shape index (κ3) is 2.05. The topological polar surface area (TPSA) is 64.4 Å². The summed E-state index contributed by atoms with van der Waals surface area (Å²) in [4.78, 5) is 9.60. The fourth-order valence-corrected chi connectivity index (χ4v) is 1.55. The van der Waals surface area contributed by atoms with Crippen LogP contribution < -0.4 is 10.1 Å². The third-order valence-corrected chi connectivity index (χ3v) is 2.57. The highest BCUT2D eigenvalue weighted by atomic mass is 19.1. The zero-order chi connectivity index (χ0) is 12.6. The van der Waals surface area contributed by atoms with Gasteiger partial charge < -0.3 is 10.1 Å². The Morgan fingerprint density at radius 3 is 2.59 bits per heavy atom. The summed E-state index contributed by atoms with van der Waals surface area (Å²) >= 11 is 0. The van der Waals surface area contributed by atoms with Crippen molar-refractivity contribution in [2.75, 3.05) is 13.1 Å². The Morgan fingerprint density at radius 2 is 2.12 bits per heavy atom. The lowest BCUT2D eigenvalue weighted by atomic mass is 10.00. The van der Waals surface area contributed by atoms with Crippen LogP contribution in [0.2, 0.25) is 0 Å². The number of rotatable bonds is 3.